The van der Waals surface area contributed by atoms with Gasteiger partial charge in [-0.1, -0.05) is 84.9 Å². The Bertz CT molecular complexity index is 1510. The molecule has 34 heavy (non-hydrogen) atoms. The fourth-order valence-electron chi connectivity index (χ4n) is 4.21. The summed E-state index contributed by atoms with van der Waals surface area (Å²) < 4.78 is 68.1. The molecule has 4 aromatic carbocycles. The zero-order chi connectivity index (χ0) is 23.9. The van der Waals surface area contributed by atoms with E-state index in [1.807, 2.05) is 54.6 Å². The molecule has 0 aromatic heterocycles. The largest absolute Gasteiger partial charge is 0.534 e. The maximum atomic E-state index is 13.2. The third-order valence-electron chi connectivity index (χ3n) is 5.77. The molecule has 0 saturated heterocycles. The molecule has 0 unspecified atom stereocenters. The molecule has 1 heterocycles. The predicted molar refractivity (Wildman–Crippen MR) is 125 cm³/mol. The van der Waals surface area contributed by atoms with Crippen LogP contribution in [-0.2, 0) is 16.5 Å². The maximum Gasteiger partial charge on any atom is 0.534 e. The average molecular weight is 481 g/mol. The van der Waals surface area contributed by atoms with Gasteiger partial charge in [0.25, 0.3) is 0 Å². The molecule has 0 saturated carbocycles. The molecule has 0 spiro atoms. The molecule has 1 aliphatic rings. The molecule has 1 atom stereocenters. The van der Waals surface area contributed by atoms with Crippen LogP contribution < -0.4 is 4.18 Å². The first-order chi connectivity index (χ1) is 16.2. The monoisotopic (exact) mass is 481 g/mol. The van der Waals surface area contributed by atoms with Crippen molar-refractivity contribution in [3.05, 3.63) is 113 Å². The molecule has 0 amide bonds. The van der Waals surface area contributed by atoms with Crippen molar-refractivity contribution in [2.45, 2.75) is 18.0 Å². The number of halogens is 3. The smallest absolute Gasteiger partial charge is 0.375 e. The van der Waals surface area contributed by atoms with Crippen LogP contribution in [0.2, 0.25) is 0 Å². The minimum absolute atomic E-state index is 0.207. The molecule has 5 rings (SSSR count). The van der Waals surface area contributed by atoms with Crippen molar-refractivity contribution in [3.63, 3.8) is 0 Å². The van der Waals surface area contributed by atoms with E-state index in [4.69, 9.17) is 4.99 Å². The van der Waals surface area contributed by atoms with Crippen LogP contribution in [0, 0.1) is 0 Å². The van der Waals surface area contributed by atoms with Crippen LogP contribution in [0.3, 0.4) is 0 Å². The van der Waals surface area contributed by atoms with Crippen molar-refractivity contribution in [1.29, 1.82) is 0 Å². The second kappa shape index (κ2) is 8.29. The Hall–Kier alpha value is -3.65. The Kier molecular flexibility index (Phi) is 5.40. The molecule has 0 N–H and O–H groups in total. The predicted octanol–water partition coefficient (Wildman–Crippen LogP) is 6.20. The lowest BCUT2D eigenvalue weighted by molar-refractivity contribution is -0.0500. The van der Waals surface area contributed by atoms with Gasteiger partial charge in [0.15, 0.2) is 5.75 Å². The lowest BCUT2D eigenvalue weighted by Crippen LogP contribution is -2.29. The van der Waals surface area contributed by atoms with Gasteiger partial charge in [-0.3, -0.25) is 4.99 Å². The molecule has 8 heteroatoms. The highest BCUT2D eigenvalue weighted by atomic mass is 32.2. The second-order valence-electron chi connectivity index (χ2n) is 7.91. The van der Waals surface area contributed by atoms with Gasteiger partial charge in [0, 0.05) is 5.56 Å². The number of fused-ring (bicyclic) bond motifs is 2. The van der Waals surface area contributed by atoms with Crippen LogP contribution in [0.15, 0.2) is 96.0 Å². The topological polar surface area (TPSA) is 55.7 Å². The number of rotatable bonds is 4. The van der Waals surface area contributed by atoms with Gasteiger partial charge in [-0.2, -0.15) is 21.6 Å². The van der Waals surface area contributed by atoms with Crippen molar-refractivity contribution in [3.8, 4) is 5.75 Å². The van der Waals surface area contributed by atoms with Gasteiger partial charge in [0.2, 0.25) is 0 Å². The molecule has 4 nitrogen and oxygen atoms in total. The summed E-state index contributed by atoms with van der Waals surface area (Å²) in [5, 5.41) is 1.26. The van der Waals surface area contributed by atoms with Crippen molar-refractivity contribution in [2.75, 3.05) is 0 Å². The van der Waals surface area contributed by atoms with E-state index in [0.717, 1.165) is 22.1 Å². The lowest BCUT2D eigenvalue weighted by atomic mass is 9.86. The van der Waals surface area contributed by atoms with Gasteiger partial charge in [-0.25, -0.2) is 0 Å². The number of hydrogen-bond acceptors (Lipinski definition) is 4. The number of hydrogen-bond donors (Lipinski definition) is 0. The minimum atomic E-state index is -5.88. The summed E-state index contributed by atoms with van der Waals surface area (Å²) in [6.45, 7) is 0. The van der Waals surface area contributed by atoms with Crippen molar-refractivity contribution >= 4 is 26.6 Å². The van der Waals surface area contributed by atoms with E-state index in [1.165, 1.54) is 12.1 Å². The van der Waals surface area contributed by atoms with Crippen molar-refractivity contribution in [2.24, 2.45) is 4.99 Å². The highest BCUT2D eigenvalue weighted by Crippen LogP contribution is 2.39. The number of nitrogens with zero attached hydrogens (tertiary/aromatic N) is 1. The fraction of sp³-hybridized carbons (Fsp3) is 0.115. The van der Waals surface area contributed by atoms with Crippen LogP contribution in [-0.4, -0.2) is 19.6 Å². The average Bonchev–Trinajstić information content (AvgIpc) is 2.83. The fourth-order valence-corrected chi connectivity index (χ4v) is 4.68. The highest BCUT2D eigenvalue weighted by Gasteiger charge is 2.49. The quantitative estimate of drug-likeness (QED) is 0.258. The van der Waals surface area contributed by atoms with Gasteiger partial charge < -0.3 is 4.18 Å². The molecule has 0 bridgehead atoms. The van der Waals surface area contributed by atoms with Crippen LogP contribution in [0.25, 0.3) is 10.8 Å². The van der Waals surface area contributed by atoms with E-state index in [-0.39, 0.29) is 11.6 Å². The normalized spacial score (nSPS) is 16.1. The summed E-state index contributed by atoms with van der Waals surface area (Å²) >= 11 is 0. The molecular formula is C26H18F3NO3S. The summed E-state index contributed by atoms with van der Waals surface area (Å²) in [6.07, 6.45) is 0.603. The van der Waals surface area contributed by atoms with E-state index < -0.39 is 21.4 Å². The third kappa shape index (κ3) is 3.94. The first-order valence-electron chi connectivity index (χ1n) is 10.5. The molecular weight excluding hydrogens is 463 g/mol. The molecule has 172 valence electrons. The van der Waals surface area contributed by atoms with Crippen molar-refractivity contribution in [1.82, 2.24) is 0 Å². The van der Waals surface area contributed by atoms with Gasteiger partial charge in [-0.15, -0.1) is 0 Å². The molecule has 0 aliphatic carbocycles. The lowest BCUT2D eigenvalue weighted by Gasteiger charge is -2.26. The Morgan fingerprint density at radius 1 is 0.824 bits per heavy atom. The highest BCUT2D eigenvalue weighted by molar-refractivity contribution is 7.88. The first kappa shape index (κ1) is 22.2. The Morgan fingerprint density at radius 2 is 1.50 bits per heavy atom. The second-order valence-corrected chi connectivity index (χ2v) is 9.45. The summed E-state index contributed by atoms with van der Waals surface area (Å²) in [5.74, 6) is -0.418. The van der Waals surface area contributed by atoms with Gasteiger partial charge >= 0.3 is 15.6 Å². The summed E-state index contributed by atoms with van der Waals surface area (Å²) in [6, 6.07) is 26.6. The van der Waals surface area contributed by atoms with E-state index >= 15 is 0 Å². The van der Waals surface area contributed by atoms with Crippen LogP contribution in [0.4, 0.5) is 13.2 Å². The van der Waals surface area contributed by atoms with E-state index in [0.29, 0.717) is 17.5 Å². The van der Waals surface area contributed by atoms with E-state index in [1.54, 1.807) is 24.3 Å². The SMILES string of the molecule is O=S(=O)(Oc1ccc2ccccc2c1C1=N[C@@H](c2ccccc2)Cc2ccccc21)C(F)(F)F. The molecule has 0 fully saturated rings. The Labute approximate surface area is 194 Å². The Morgan fingerprint density at radius 3 is 2.26 bits per heavy atom. The zero-order valence-corrected chi connectivity index (χ0v) is 18.5. The Balaban J connectivity index is 1.78. The van der Waals surface area contributed by atoms with Crippen LogP contribution in [0.1, 0.15) is 28.3 Å². The standard InChI is InChI=1S/C26H18F3NO3S/c27-26(28,29)34(31,32)33-23-15-14-17-8-4-6-12-20(17)24(23)25-21-13-7-5-11-19(21)16-22(30-25)18-9-2-1-3-10-18/h1-15,22H,16H2/t22-/m1/s1. The minimum Gasteiger partial charge on any atom is -0.375 e. The van der Waals surface area contributed by atoms with E-state index in [9.17, 15) is 21.6 Å². The zero-order valence-electron chi connectivity index (χ0n) is 17.7. The first-order valence-corrected chi connectivity index (χ1v) is 11.9. The molecule has 4 aromatic rings. The van der Waals surface area contributed by atoms with Crippen molar-refractivity contribution < 1.29 is 25.8 Å². The van der Waals surface area contributed by atoms with E-state index in [2.05, 4.69) is 4.18 Å². The number of aliphatic imine (C=N–C) groups is 1. The summed E-state index contributed by atoms with van der Waals surface area (Å²) in [4.78, 5) is 4.93. The number of alkyl halides is 3. The number of benzene rings is 4. The summed E-state index contributed by atoms with van der Waals surface area (Å²) in [7, 11) is -5.88. The summed E-state index contributed by atoms with van der Waals surface area (Å²) in [5.41, 5.74) is -2.34. The van der Waals surface area contributed by atoms with Crippen LogP contribution >= 0.6 is 0 Å². The van der Waals surface area contributed by atoms with Gasteiger partial charge in [0.1, 0.15) is 0 Å². The van der Waals surface area contributed by atoms with Gasteiger partial charge in [-0.05, 0) is 34.4 Å². The van der Waals surface area contributed by atoms with Gasteiger partial charge in [0.05, 0.1) is 17.3 Å². The maximum absolute atomic E-state index is 13.2. The molecule has 0 radical (unpaired) electrons. The third-order valence-corrected chi connectivity index (χ3v) is 6.73. The molecule has 1 aliphatic heterocycles. The van der Waals surface area contributed by atoms with Crippen LogP contribution in [0.5, 0.6) is 5.75 Å².